The Morgan fingerprint density at radius 3 is 2.86 bits per heavy atom. The molecule has 2 heterocycles. The van der Waals surface area contributed by atoms with Crippen molar-refractivity contribution in [2.24, 2.45) is 0 Å². The highest BCUT2D eigenvalue weighted by Crippen LogP contribution is 2.23. The van der Waals surface area contributed by atoms with Gasteiger partial charge in [-0.05, 0) is 36.9 Å². The van der Waals surface area contributed by atoms with Crippen LogP contribution in [0.3, 0.4) is 0 Å². The summed E-state index contributed by atoms with van der Waals surface area (Å²) in [5.41, 5.74) is 0. The van der Waals surface area contributed by atoms with Gasteiger partial charge in [0.2, 0.25) is 0 Å². The maximum absolute atomic E-state index is 12.1. The van der Waals surface area contributed by atoms with Crippen molar-refractivity contribution in [3.05, 3.63) is 46.8 Å². The molecule has 2 aromatic rings. The molecule has 2 aromatic heterocycles. The number of anilines is 1. The number of carbonyl (C=O) groups excluding carboxylic acids is 1. The number of rotatable bonds is 7. The summed E-state index contributed by atoms with van der Waals surface area (Å²) in [7, 11) is 1.83. The van der Waals surface area contributed by atoms with E-state index in [2.05, 4.69) is 21.7 Å². The molecule has 6 heteroatoms. The molecular formula is C16H22N4OS. The lowest BCUT2D eigenvalue weighted by molar-refractivity contribution is 0.195. The first-order valence-corrected chi connectivity index (χ1v) is 8.25. The van der Waals surface area contributed by atoms with Crippen LogP contribution in [-0.4, -0.2) is 36.1 Å². The third-order valence-corrected chi connectivity index (χ3v) is 4.50. The van der Waals surface area contributed by atoms with Gasteiger partial charge in [-0.2, -0.15) is 0 Å². The van der Waals surface area contributed by atoms with E-state index in [1.807, 2.05) is 43.6 Å². The fourth-order valence-electron chi connectivity index (χ4n) is 1.99. The fourth-order valence-corrected chi connectivity index (χ4v) is 2.81. The van der Waals surface area contributed by atoms with Crippen LogP contribution in [0.15, 0.2) is 41.9 Å². The van der Waals surface area contributed by atoms with Crippen molar-refractivity contribution in [1.82, 2.24) is 15.2 Å². The molecule has 0 unspecified atom stereocenters. The fraction of sp³-hybridized carbons (Fsp3) is 0.375. The van der Waals surface area contributed by atoms with E-state index in [4.69, 9.17) is 0 Å². The molecule has 0 spiro atoms. The number of hydrogen-bond acceptors (Lipinski definition) is 4. The Kier molecular flexibility index (Phi) is 6.21. The topological polar surface area (TPSA) is 57.3 Å². The molecule has 0 aliphatic rings. The number of nitrogens with zero attached hydrogens (tertiary/aromatic N) is 2. The van der Waals surface area contributed by atoms with Crippen LogP contribution >= 0.6 is 11.3 Å². The van der Waals surface area contributed by atoms with Gasteiger partial charge in [0.15, 0.2) is 0 Å². The molecule has 22 heavy (non-hydrogen) atoms. The summed E-state index contributed by atoms with van der Waals surface area (Å²) in [6.07, 6.45) is 2.61. The summed E-state index contributed by atoms with van der Waals surface area (Å²) in [6, 6.07) is 9.86. The van der Waals surface area contributed by atoms with E-state index >= 15 is 0 Å². The second kappa shape index (κ2) is 8.38. The molecule has 0 aromatic carbocycles. The Bertz CT molecular complexity index is 559. The minimum Gasteiger partial charge on any atom is -0.370 e. The Morgan fingerprint density at radius 1 is 1.32 bits per heavy atom. The van der Waals surface area contributed by atoms with Crippen molar-refractivity contribution in [3.63, 3.8) is 0 Å². The van der Waals surface area contributed by atoms with Gasteiger partial charge in [0.05, 0.1) is 6.04 Å². The van der Waals surface area contributed by atoms with Crippen LogP contribution in [0.4, 0.5) is 10.6 Å². The molecule has 118 valence electrons. The van der Waals surface area contributed by atoms with E-state index in [1.54, 1.807) is 22.4 Å². The second-order valence-corrected chi connectivity index (χ2v) is 6.01. The highest BCUT2D eigenvalue weighted by molar-refractivity contribution is 7.10. The minimum atomic E-state index is -0.0428. The average Bonchev–Trinajstić information content (AvgIpc) is 3.08. The molecule has 0 fully saturated rings. The molecule has 0 aliphatic carbocycles. The molecule has 5 nitrogen and oxygen atoms in total. The van der Waals surface area contributed by atoms with Gasteiger partial charge >= 0.3 is 6.03 Å². The van der Waals surface area contributed by atoms with Crippen LogP contribution in [0, 0.1) is 0 Å². The summed E-state index contributed by atoms with van der Waals surface area (Å²) in [5.74, 6) is 0.859. The van der Waals surface area contributed by atoms with Crippen molar-refractivity contribution < 1.29 is 4.79 Å². The van der Waals surface area contributed by atoms with Crippen molar-refractivity contribution in [3.8, 4) is 0 Å². The summed E-state index contributed by atoms with van der Waals surface area (Å²) < 4.78 is 0. The van der Waals surface area contributed by atoms with Gasteiger partial charge in [-0.15, -0.1) is 11.3 Å². The van der Waals surface area contributed by atoms with Crippen LogP contribution in [0.5, 0.6) is 0 Å². The highest BCUT2D eigenvalue weighted by atomic mass is 32.1. The molecule has 0 radical (unpaired) electrons. The molecule has 2 N–H and O–H groups in total. The monoisotopic (exact) mass is 318 g/mol. The number of amides is 2. The third kappa shape index (κ3) is 4.73. The average molecular weight is 318 g/mol. The summed E-state index contributed by atoms with van der Waals surface area (Å²) in [5, 5.41) is 8.19. The maximum Gasteiger partial charge on any atom is 0.317 e. The zero-order chi connectivity index (χ0) is 15.8. The van der Waals surface area contributed by atoms with Gasteiger partial charge in [0.25, 0.3) is 0 Å². The van der Waals surface area contributed by atoms with E-state index < -0.39 is 0 Å². The molecule has 0 saturated heterocycles. The Balaban J connectivity index is 1.65. The van der Waals surface area contributed by atoms with Crippen molar-refractivity contribution in [2.45, 2.75) is 19.4 Å². The van der Waals surface area contributed by atoms with Crippen LogP contribution in [-0.2, 0) is 0 Å². The van der Waals surface area contributed by atoms with Crippen LogP contribution in [0.1, 0.15) is 24.3 Å². The summed E-state index contributed by atoms with van der Waals surface area (Å²) >= 11 is 1.67. The predicted octanol–water partition coefficient (Wildman–Crippen LogP) is 3.35. The van der Waals surface area contributed by atoms with E-state index in [0.717, 1.165) is 18.8 Å². The summed E-state index contributed by atoms with van der Waals surface area (Å²) in [4.78, 5) is 19.2. The van der Waals surface area contributed by atoms with Crippen LogP contribution < -0.4 is 10.6 Å². The lowest BCUT2D eigenvalue weighted by Gasteiger charge is -2.24. The lowest BCUT2D eigenvalue weighted by atomic mass is 10.2. The van der Waals surface area contributed by atoms with Crippen molar-refractivity contribution in [2.75, 3.05) is 25.5 Å². The standard InChI is InChI=1S/C16H22N4OS/c1-13(14-7-5-12-22-14)20(2)16(21)19-11-6-10-18-15-8-3-4-9-17-15/h3-5,7-9,12-13H,6,10-11H2,1-2H3,(H,17,18)(H,19,21)/t13-/m0/s1. The lowest BCUT2D eigenvalue weighted by Crippen LogP contribution is -2.39. The predicted molar refractivity (Wildman–Crippen MR) is 91.2 cm³/mol. The van der Waals surface area contributed by atoms with Gasteiger partial charge in [0.1, 0.15) is 5.82 Å². The number of aromatic nitrogens is 1. The first kappa shape index (κ1) is 16.3. The Morgan fingerprint density at radius 2 is 2.18 bits per heavy atom. The molecule has 0 bridgehead atoms. The SMILES string of the molecule is C[C@@H](c1cccs1)N(C)C(=O)NCCCNc1ccccn1. The number of nitrogens with one attached hydrogen (secondary N) is 2. The molecule has 1 atom stereocenters. The second-order valence-electron chi connectivity index (χ2n) is 5.03. The number of pyridine rings is 1. The Hall–Kier alpha value is -2.08. The van der Waals surface area contributed by atoms with E-state index in [0.29, 0.717) is 6.54 Å². The van der Waals surface area contributed by atoms with Gasteiger partial charge in [-0.3, -0.25) is 0 Å². The normalized spacial score (nSPS) is 11.7. The van der Waals surface area contributed by atoms with Crippen LogP contribution in [0.25, 0.3) is 0 Å². The zero-order valence-corrected chi connectivity index (χ0v) is 13.8. The number of hydrogen-bond donors (Lipinski definition) is 2. The highest BCUT2D eigenvalue weighted by Gasteiger charge is 2.17. The summed E-state index contributed by atoms with van der Waals surface area (Å²) in [6.45, 7) is 3.45. The van der Waals surface area contributed by atoms with Gasteiger partial charge in [-0.25, -0.2) is 9.78 Å². The number of thiophene rings is 1. The largest absolute Gasteiger partial charge is 0.370 e. The van der Waals surface area contributed by atoms with Crippen molar-refractivity contribution >= 4 is 23.2 Å². The van der Waals surface area contributed by atoms with E-state index in [1.165, 1.54) is 4.88 Å². The first-order valence-electron chi connectivity index (χ1n) is 7.37. The maximum atomic E-state index is 12.1. The smallest absolute Gasteiger partial charge is 0.317 e. The molecule has 2 amide bonds. The van der Waals surface area contributed by atoms with Gasteiger partial charge in [-0.1, -0.05) is 12.1 Å². The minimum absolute atomic E-state index is 0.0428. The van der Waals surface area contributed by atoms with E-state index in [-0.39, 0.29) is 12.1 Å². The molecule has 0 aliphatic heterocycles. The number of urea groups is 1. The molecule has 0 saturated carbocycles. The third-order valence-electron chi connectivity index (χ3n) is 3.46. The van der Waals surface area contributed by atoms with Crippen molar-refractivity contribution in [1.29, 1.82) is 0 Å². The Labute approximate surface area is 135 Å². The van der Waals surface area contributed by atoms with Gasteiger partial charge < -0.3 is 15.5 Å². The molecule has 2 rings (SSSR count). The van der Waals surface area contributed by atoms with Crippen LogP contribution in [0.2, 0.25) is 0 Å². The first-order chi connectivity index (χ1) is 10.7. The molecular weight excluding hydrogens is 296 g/mol. The zero-order valence-electron chi connectivity index (χ0n) is 13.0. The quantitative estimate of drug-likeness (QED) is 0.770. The van der Waals surface area contributed by atoms with E-state index in [9.17, 15) is 4.79 Å². The number of carbonyl (C=O) groups is 1. The van der Waals surface area contributed by atoms with Gasteiger partial charge in [0, 0.05) is 31.2 Å².